The molecule has 1 unspecified atom stereocenters. The van der Waals surface area contributed by atoms with Crippen LogP contribution in [0.15, 0.2) is 30.6 Å². The topological polar surface area (TPSA) is 46.3 Å². The molecule has 2 aromatic heterocycles. The minimum Gasteiger partial charge on any atom is -0.340 e. The van der Waals surface area contributed by atoms with Gasteiger partial charge in [-0.15, -0.1) is 0 Å². The molecule has 1 atom stereocenters. The molecule has 0 saturated heterocycles. The summed E-state index contributed by atoms with van der Waals surface area (Å²) < 4.78 is 56.1. The molecule has 0 radical (unpaired) electrons. The third-order valence-electron chi connectivity index (χ3n) is 4.39. The van der Waals surface area contributed by atoms with E-state index in [1.807, 2.05) is 0 Å². The minimum atomic E-state index is -4.54. The lowest BCUT2D eigenvalue weighted by Crippen LogP contribution is -2.38. The summed E-state index contributed by atoms with van der Waals surface area (Å²) in [6, 6.07) is 2.50. The van der Waals surface area contributed by atoms with Crippen LogP contribution in [-0.4, -0.2) is 32.3 Å². The molecule has 0 N–H and O–H groups in total. The zero-order chi connectivity index (χ0) is 17.8. The summed E-state index contributed by atoms with van der Waals surface area (Å²) in [6.07, 6.45) is -2.85. The largest absolute Gasteiger partial charge is 0.413 e. The third-order valence-corrected chi connectivity index (χ3v) is 4.39. The zero-order valence-corrected chi connectivity index (χ0v) is 13.1. The molecule has 3 heterocycles. The lowest BCUT2D eigenvalue weighted by Gasteiger charge is -2.32. The van der Waals surface area contributed by atoms with Crippen molar-refractivity contribution in [3.8, 4) is 0 Å². The number of anilines is 1. The first-order chi connectivity index (χ1) is 11.9. The second-order valence-electron chi connectivity index (χ2n) is 5.91. The van der Waals surface area contributed by atoms with Crippen molar-refractivity contribution >= 4 is 11.6 Å². The van der Waals surface area contributed by atoms with Crippen LogP contribution >= 0.6 is 0 Å². The van der Waals surface area contributed by atoms with E-state index >= 15 is 0 Å². The zero-order valence-electron chi connectivity index (χ0n) is 13.1. The number of aromatic nitrogens is 4. The van der Waals surface area contributed by atoms with Gasteiger partial charge in [0.05, 0.1) is 0 Å². The molecule has 0 aliphatic carbocycles. The molecule has 0 spiro atoms. The fraction of sp³-hybridized carbons (Fsp3) is 0.312. The number of alkyl halides is 3. The highest BCUT2D eigenvalue weighted by atomic mass is 19.4. The summed E-state index contributed by atoms with van der Waals surface area (Å²) in [6.45, 7) is 1.91. The quantitative estimate of drug-likeness (QED) is 0.665. The Kier molecular flexibility index (Phi) is 3.41. The number of fused-ring (bicyclic) bond motifs is 3. The van der Waals surface area contributed by atoms with Gasteiger partial charge in [0.1, 0.15) is 18.0 Å². The van der Waals surface area contributed by atoms with E-state index < -0.39 is 18.0 Å². The van der Waals surface area contributed by atoms with Gasteiger partial charge < -0.3 is 4.90 Å². The van der Waals surface area contributed by atoms with Crippen LogP contribution in [-0.2, 0) is 6.42 Å². The summed E-state index contributed by atoms with van der Waals surface area (Å²) in [5.74, 6) is 0.0139. The molecule has 0 bridgehead atoms. The van der Waals surface area contributed by atoms with E-state index in [1.165, 1.54) is 15.7 Å². The number of nitrogens with zero attached hydrogens (tertiary/aromatic N) is 5. The van der Waals surface area contributed by atoms with Gasteiger partial charge in [0, 0.05) is 17.8 Å². The van der Waals surface area contributed by atoms with Crippen LogP contribution in [0.3, 0.4) is 0 Å². The maximum atomic E-state index is 13.9. The summed E-state index contributed by atoms with van der Waals surface area (Å²) in [5, 5.41) is 4.03. The standard InChI is InChI=1S/C16H13F4N5/c1-9-12-6-7-24(14(12)25-15(23-9)21-8-22-25)13(16(18,19)20)10-2-4-11(17)5-3-10/h2-5,8,13H,6-7H2,1H3. The molecular weight excluding hydrogens is 338 g/mol. The summed E-state index contributed by atoms with van der Waals surface area (Å²) in [4.78, 5) is 9.51. The molecule has 0 saturated carbocycles. The van der Waals surface area contributed by atoms with Crippen molar-refractivity contribution < 1.29 is 17.6 Å². The van der Waals surface area contributed by atoms with Crippen LogP contribution in [0.25, 0.3) is 5.78 Å². The van der Waals surface area contributed by atoms with Crippen LogP contribution in [0.1, 0.15) is 22.9 Å². The smallest absolute Gasteiger partial charge is 0.340 e. The number of benzene rings is 1. The van der Waals surface area contributed by atoms with Crippen molar-refractivity contribution in [3.63, 3.8) is 0 Å². The fourth-order valence-corrected chi connectivity index (χ4v) is 3.34. The number of rotatable bonds is 2. The van der Waals surface area contributed by atoms with Gasteiger partial charge in [-0.25, -0.2) is 9.37 Å². The van der Waals surface area contributed by atoms with Gasteiger partial charge in [-0.3, -0.25) is 0 Å². The van der Waals surface area contributed by atoms with Crippen molar-refractivity contribution in [1.29, 1.82) is 0 Å². The molecule has 0 fully saturated rings. The molecule has 1 aliphatic rings. The van der Waals surface area contributed by atoms with Crippen LogP contribution in [0.5, 0.6) is 0 Å². The first-order valence-electron chi connectivity index (χ1n) is 7.64. The molecule has 25 heavy (non-hydrogen) atoms. The van der Waals surface area contributed by atoms with Gasteiger partial charge in [-0.1, -0.05) is 12.1 Å². The SMILES string of the molecule is Cc1nc2ncnn2c2c1CCN2C(c1ccc(F)cc1)C(F)(F)F. The Labute approximate surface area is 139 Å². The molecule has 4 rings (SSSR count). The number of aryl methyl sites for hydroxylation is 1. The monoisotopic (exact) mass is 351 g/mol. The average molecular weight is 351 g/mol. The van der Waals surface area contributed by atoms with Crippen molar-refractivity contribution in [2.45, 2.75) is 25.6 Å². The molecule has 0 amide bonds. The van der Waals surface area contributed by atoms with Crippen molar-refractivity contribution in [3.05, 3.63) is 53.2 Å². The molecule has 9 heteroatoms. The van der Waals surface area contributed by atoms with E-state index in [4.69, 9.17) is 0 Å². The van der Waals surface area contributed by atoms with Gasteiger partial charge in [-0.2, -0.15) is 27.8 Å². The summed E-state index contributed by atoms with van der Waals surface area (Å²) >= 11 is 0. The van der Waals surface area contributed by atoms with Crippen LogP contribution < -0.4 is 4.90 Å². The molecule has 3 aromatic rings. The number of hydrogen-bond donors (Lipinski definition) is 0. The Balaban J connectivity index is 1.90. The average Bonchev–Trinajstić information content (AvgIpc) is 3.15. The lowest BCUT2D eigenvalue weighted by atomic mass is 10.0. The molecule has 1 aromatic carbocycles. The van der Waals surface area contributed by atoms with E-state index in [0.717, 1.165) is 29.8 Å². The second-order valence-corrected chi connectivity index (χ2v) is 5.91. The van der Waals surface area contributed by atoms with E-state index in [2.05, 4.69) is 15.1 Å². The number of halogens is 4. The van der Waals surface area contributed by atoms with E-state index in [-0.39, 0.29) is 17.9 Å². The van der Waals surface area contributed by atoms with Crippen LogP contribution in [0.2, 0.25) is 0 Å². The molecule has 5 nitrogen and oxygen atoms in total. The van der Waals surface area contributed by atoms with Crippen LogP contribution in [0.4, 0.5) is 23.4 Å². The van der Waals surface area contributed by atoms with Gasteiger partial charge in [0.25, 0.3) is 5.78 Å². The highest BCUT2D eigenvalue weighted by Gasteiger charge is 2.47. The van der Waals surface area contributed by atoms with Crippen molar-refractivity contribution in [2.24, 2.45) is 0 Å². The Morgan fingerprint density at radius 1 is 1.16 bits per heavy atom. The highest BCUT2D eigenvalue weighted by molar-refractivity contribution is 5.60. The van der Waals surface area contributed by atoms with Crippen LogP contribution in [0, 0.1) is 12.7 Å². The first-order valence-corrected chi connectivity index (χ1v) is 7.64. The van der Waals surface area contributed by atoms with Gasteiger partial charge in [0.2, 0.25) is 0 Å². The number of hydrogen-bond acceptors (Lipinski definition) is 4. The maximum absolute atomic E-state index is 13.9. The van der Waals surface area contributed by atoms with Gasteiger partial charge >= 0.3 is 6.18 Å². The molecule has 130 valence electrons. The Morgan fingerprint density at radius 3 is 2.56 bits per heavy atom. The Hall–Kier alpha value is -2.71. The second kappa shape index (κ2) is 5.40. The van der Waals surface area contributed by atoms with E-state index in [9.17, 15) is 17.6 Å². The fourth-order valence-electron chi connectivity index (χ4n) is 3.34. The third kappa shape index (κ3) is 2.50. The first kappa shape index (κ1) is 15.8. The Bertz CT molecular complexity index is 932. The maximum Gasteiger partial charge on any atom is 0.413 e. The lowest BCUT2D eigenvalue weighted by molar-refractivity contribution is -0.150. The van der Waals surface area contributed by atoms with Crippen molar-refractivity contribution in [1.82, 2.24) is 19.6 Å². The van der Waals surface area contributed by atoms with E-state index in [1.54, 1.807) is 6.92 Å². The molecule has 1 aliphatic heterocycles. The summed E-state index contributed by atoms with van der Waals surface area (Å²) in [7, 11) is 0. The summed E-state index contributed by atoms with van der Waals surface area (Å²) in [5.41, 5.74) is 1.33. The van der Waals surface area contributed by atoms with E-state index in [0.29, 0.717) is 17.9 Å². The van der Waals surface area contributed by atoms with Gasteiger partial charge in [-0.05, 0) is 31.0 Å². The minimum absolute atomic E-state index is 0.0236. The normalized spacial score (nSPS) is 15.6. The Morgan fingerprint density at radius 2 is 1.88 bits per heavy atom. The predicted octanol–water partition coefficient (Wildman–Crippen LogP) is 3.24. The highest BCUT2D eigenvalue weighted by Crippen LogP contribution is 2.44. The van der Waals surface area contributed by atoms with Gasteiger partial charge in [0.15, 0.2) is 6.04 Å². The van der Waals surface area contributed by atoms with Crippen molar-refractivity contribution in [2.75, 3.05) is 11.4 Å². The predicted molar refractivity (Wildman–Crippen MR) is 81.8 cm³/mol. The molecular formula is C16H13F4N5.